The maximum atomic E-state index is 12.7. The van der Waals surface area contributed by atoms with Crippen molar-refractivity contribution in [1.29, 1.82) is 0 Å². The zero-order valence-electron chi connectivity index (χ0n) is 15.4. The third kappa shape index (κ3) is 4.14. The number of nitrogens with one attached hydrogen (secondary N) is 1. The van der Waals surface area contributed by atoms with Crippen molar-refractivity contribution in [2.45, 2.75) is 20.4 Å². The van der Waals surface area contributed by atoms with Gasteiger partial charge in [-0.05, 0) is 47.5 Å². The first-order valence-electron chi connectivity index (χ1n) is 8.61. The lowest BCUT2D eigenvalue weighted by Crippen LogP contribution is -2.20. The Bertz CT molecular complexity index is 1000. The minimum Gasteiger partial charge on any atom is -0.505 e. The molecule has 2 N–H and O–H groups in total. The number of phenolic OH excluding ortho intramolecular Hbond substituents is 1. The van der Waals surface area contributed by atoms with Crippen LogP contribution in [0.2, 0.25) is 0 Å². The number of aryl methyl sites for hydroxylation is 1. The van der Waals surface area contributed by atoms with Crippen molar-refractivity contribution < 1.29 is 19.4 Å². The van der Waals surface area contributed by atoms with Gasteiger partial charge < -0.3 is 15.2 Å². The van der Waals surface area contributed by atoms with Gasteiger partial charge in [0.2, 0.25) is 5.82 Å². The highest BCUT2D eigenvalue weighted by molar-refractivity contribution is 6.04. The number of anilines is 1. The van der Waals surface area contributed by atoms with Crippen LogP contribution in [0.15, 0.2) is 42.5 Å². The Hall–Kier alpha value is -3.75. The fourth-order valence-corrected chi connectivity index (χ4v) is 2.65. The quantitative estimate of drug-likeness (QED) is 0.496. The van der Waals surface area contributed by atoms with E-state index in [1.54, 1.807) is 19.9 Å². The molecule has 0 spiro atoms. The predicted molar refractivity (Wildman–Crippen MR) is 100 cm³/mol. The van der Waals surface area contributed by atoms with Crippen molar-refractivity contribution in [3.63, 3.8) is 0 Å². The van der Waals surface area contributed by atoms with Gasteiger partial charge in [0.1, 0.15) is 5.56 Å². The first-order chi connectivity index (χ1) is 13.5. The summed E-state index contributed by atoms with van der Waals surface area (Å²) >= 11 is 0. The van der Waals surface area contributed by atoms with Crippen molar-refractivity contribution in [1.82, 2.24) is 20.2 Å². The number of hydrogen-bond acceptors (Lipinski definition) is 7. The van der Waals surface area contributed by atoms with Gasteiger partial charge in [-0.2, -0.15) is 0 Å². The fourth-order valence-electron chi connectivity index (χ4n) is 2.65. The lowest BCUT2D eigenvalue weighted by atomic mass is 10.1. The standard InChI is InChI=1S/C19H19N5O4/c1-3-28-19(27)14-9-12(2)10-15(16(14)25)20-18(26)17-21-22-23-24(17)11-13-7-5-4-6-8-13/h4-10,25H,3,11H2,1-2H3,(H,20,26). The van der Waals surface area contributed by atoms with Gasteiger partial charge in [0.15, 0.2) is 5.75 Å². The number of aromatic hydroxyl groups is 1. The van der Waals surface area contributed by atoms with E-state index in [1.807, 2.05) is 30.3 Å². The van der Waals surface area contributed by atoms with Gasteiger partial charge >= 0.3 is 5.97 Å². The Balaban J connectivity index is 1.84. The van der Waals surface area contributed by atoms with Crippen molar-refractivity contribution in [3.05, 3.63) is 65.0 Å². The number of carbonyl (C=O) groups is 2. The van der Waals surface area contributed by atoms with Gasteiger partial charge in [-0.1, -0.05) is 30.3 Å². The number of ether oxygens (including phenoxy) is 1. The first kappa shape index (κ1) is 19.0. The second-order valence-electron chi connectivity index (χ2n) is 6.03. The molecule has 2 aromatic carbocycles. The average molecular weight is 381 g/mol. The third-order valence-corrected chi connectivity index (χ3v) is 3.91. The van der Waals surface area contributed by atoms with E-state index in [9.17, 15) is 14.7 Å². The molecule has 0 saturated heterocycles. The Labute approximate surface area is 160 Å². The SMILES string of the molecule is CCOC(=O)c1cc(C)cc(NC(=O)c2nnnn2Cc2ccccc2)c1O. The van der Waals surface area contributed by atoms with Gasteiger partial charge in [0, 0.05) is 0 Å². The van der Waals surface area contributed by atoms with E-state index in [4.69, 9.17) is 4.74 Å². The number of esters is 1. The van der Waals surface area contributed by atoms with E-state index in [-0.39, 0.29) is 29.4 Å². The van der Waals surface area contributed by atoms with Gasteiger partial charge in [0.05, 0.1) is 18.8 Å². The van der Waals surface area contributed by atoms with Gasteiger partial charge in [-0.15, -0.1) is 5.10 Å². The second-order valence-corrected chi connectivity index (χ2v) is 6.03. The number of rotatable bonds is 6. The number of carbonyl (C=O) groups excluding carboxylic acids is 2. The lowest BCUT2D eigenvalue weighted by molar-refractivity contribution is 0.0522. The molecule has 0 aliphatic carbocycles. The van der Waals surface area contributed by atoms with Crippen molar-refractivity contribution >= 4 is 17.6 Å². The molecule has 28 heavy (non-hydrogen) atoms. The molecule has 3 aromatic rings. The molecule has 0 aliphatic rings. The van der Waals surface area contributed by atoms with Crippen LogP contribution in [0.5, 0.6) is 5.75 Å². The van der Waals surface area contributed by atoms with E-state index in [1.165, 1.54) is 10.7 Å². The summed E-state index contributed by atoms with van der Waals surface area (Å²) in [5, 5.41) is 24.1. The summed E-state index contributed by atoms with van der Waals surface area (Å²) in [6.07, 6.45) is 0. The highest BCUT2D eigenvalue weighted by Gasteiger charge is 2.21. The van der Waals surface area contributed by atoms with Crippen LogP contribution in [0.1, 0.15) is 39.0 Å². The third-order valence-electron chi connectivity index (χ3n) is 3.91. The number of hydrogen-bond donors (Lipinski definition) is 2. The van der Waals surface area contributed by atoms with E-state index in [2.05, 4.69) is 20.8 Å². The molecule has 9 heteroatoms. The van der Waals surface area contributed by atoms with Crippen LogP contribution in [0.4, 0.5) is 5.69 Å². The van der Waals surface area contributed by atoms with E-state index < -0.39 is 11.9 Å². The maximum absolute atomic E-state index is 12.7. The topological polar surface area (TPSA) is 119 Å². The molecule has 0 fully saturated rings. The number of amides is 1. The highest BCUT2D eigenvalue weighted by atomic mass is 16.5. The van der Waals surface area contributed by atoms with E-state index in [0.717, 1.165) is 5.56 Å². The molecule has 0 radical (unpaired) electrons. The zero-order chi connectivity index (χ0) is 20.1. The van der Waals surface area contributed by atoms with Crippen LogP contribution in [-0.4, -0.2) is 43.8 Å². The molecule has 0 aliphatic heterocycles. The number of aromatic nitrogens is 4. The second kappa shape index (κ2) is 8.30. The molecule has 0 unspecified atom stereocenters. The number of benzene rings is 2. The predicted octanol–water partition coefficient (Wildman–Crippen LogP) is 2.16. The monoisotopic (exact) mass is 381 g/mol. The van der Waals surface area contributed by atoms with Crippen molar-refractivity contribution in [2.24, 2.45) is 0 Å². The molecular weight excluding hydrogens is 362 g/mol. The zero-order valence-corrected chi connectivity index (χ0v) is 15.4. The van der Waals surface area contributed by atoms with Crippen LogP contribution < -0.4 is 5.32 Å². The van der Waals surface area contributed by atoms with Gasteiger partial charge in [0.25, 0.3) is 5.91 Å². The molecule has 3 rings (SSSR count). The first-order valence-corrected chi connectivity index (χ1v) is 8.61. The summed E-state index contributed by atoms with van der Waals surface area (Å²) in [6.45, 7) is 3.88. The van der Waals surface area contributed by atoms with Gasteiger partial charge in [-0.25, -0.2) is 9.48 Å². The molecule has 0 saturated carbocycles. The Morgan fingerprint density at radius 3 is 2.68 bits per heavy atom. The molecule has 1 aromatic heterocycles. The fraction of sp³-hybridized carbons (Fsp3) is 0.211. The van der Waals surface area contributed by atoms with Crippen LogP contribution in [0, 0.1) is 6.92 Å². The van der Waals surface area contributed by atoms with Gasteiger partial charge in [-0.3, -0.25) is 4.79 Å². The van der Waals surface area contributed by atoms with Crippen LogP contribution >= 0.6 is 0 Å². The summed E-state index contributed by atoms with van der Waals surface area (Å²) < 4.78 is 6.28. The van der Waals surface area contributed by atoms with Crippen molar-refractivity contribution in [3.8, 4) is 5.75 Å². The van der Waals surface area contributed by atoms with Crippen LogP contribution in [0.25, 0.3) is 0 Å². The number of phenols is 1. The molecular formula is C19H19N5O4. The molecule has 1 heterocycles. The normalized spacial score (nSPS) is 10.5. The molecule has 1 amide bonds. The number of tetrazole rings is 1. The minimum atomic E-state index is -0.673. The summed E-state index contributed by atoms with van der Waals surface area (Å²) in [5.74, 6) is -1.69. The Morgan fingerprint density at radius 1 is 1.21 bits per heavy atom. The van der Waals surface area contributed by atoms with Crippen LogP contribution in [0.3, 0.4) is 0 Å². The van der Waals surface area contributed by atoms with E-state index >= 15 is 0 Å². The summed E-state index contributed by atoms with van der Waals surface area (Å²) in [7, 11) is 0. The average Bonchev–Trinajstić information content (AvgIpc) is 3.13. The summed E-state index contributed by atoms with van der Waals surface area (Å²) in [4.78, 5) is 24.7. The smallest absolute Gasteiger partial charge is 0.341 e. The summed E-state index contributed by atoms with van der Waals surface area (Å²) in [5.41, 5.74) is 1.63. The molecule has 144 valence electrons. The molecule has 0 atom stereocenters. The van der Waals surface area contributed by atoms with Crippen molar-refractivity contribution in [2.75, 3.05) is 11.9 Å². The molecule has 9 nitrogen and oxygen atoms in total. The Kier molecular flexibility index (Phi) is 5.64. The molecule has 0 bridgehead atoms. The lowest BCUT2D eigenvalue weighted by Gasteiger charge is -2.12. The maximum Gasteiger partial charge on any atom is 0.341 e. The van der Waals surface area contributed by atoms with Crippen LogP contribution in [-0.2, 0) is 11.3 Å². The largest absolute Gasteiger partial charge is 0.505 e. The highest BCUT2D eigenvalue weighted by Crippen LogP contribution is 2.30. The number of nitrogens with zero attached hydrogens (tertiary/aromatic N) is 4. The Morgan fingerprint density at radius 2 is 1.96 bits per heavy atom. The van der Waals surface area contributed by atoms with E-state index in [0.29, 0.717) is 12.1 Å². The summed E-state index contributed by atoms with van der Waals surface area (Å²) in [6, 6.07) is 12.5. The minimum absolute atomic E-state index is 0.0255.